The average molecular weight is 290 g/mol. The molecule has 0 saturated heterocycles. The van der Waals surface area contributed by atoms with Gasteiger partial charge in [0.15, 0.2) is 0 Å². The third-order valence-electron chi connectivity index (χ3n) is 3.43. The van der Waals surface area contributed by atoms with E-state index in [0.717, 1.165) is 5.56 Å². The molecule has 6 nitrogen and oxygen atoms in total. The fourth-order valence-electron chi connectivity index (χ4n) is 2.07. The molecule has 0 radical (unpaired) electrons. The molecule has 21 heavy (non-hydrogen) atoms. The number of rotatable bonds is 7. The van der Waals surface area contributed by atoms with Crippen molar-refractivity contribution < 1.29 is 19.5 Å². The first-order valence-corrected chi connectivity index (χ1v) is 6.89. The van der Waals surface area contributed by atoms with Crippen LogP contribution in [-0.2, 0) is 20.9 Å². The van der Waals surface area contributed by atoms with Crippen molar-refractivity contribution in [2.24, 2.45) is 11.8 Å². The van der Waals surface area contributed by atoms with Gasteiger partial charge in [-0.3, -0.25) is 14.4 Å². The van der Waals surface area contributed by atoms with Gasteiger partial charge in [0.1, 0.15) is 0 Å². The zero-order valence-corrected chi connectivity index (χ0v) is 11.5. The first-order valence-electron chi connectivity index (χ1n) is 6.89. The van der Waals surface area contributed by atoms with Gasteiger partial charge in [0.25, 0.3) is 0 Å². The predicted octanol–water partition coefficient (Wildman–Crippen LogP) is 0.530. The number of carbonyl (C=O) groups is 3. The molecule has 2 unspecified atom stereocenters. The maximum absolute atomic E-state index is 11.6. The van der Waals surface area contributed by atoms with E-state index in [1.807, 2.05) is 30.3 Å². The minimum absolute atomic E-state index is 0.148. The van der Waals surface area contributed by atoms with Crippen molar-refractivity contribution in [2.75, 3.05) is 6.54 Å². The Morgan fingerprint density at radius 2 is 1.81 bits per heavy atom. The Morgan fingerprint density at radius 3 is 2.43 bits per heavy atom. The van der Waals surface area contributed by atoms with E-state index in [9.17, 15) is 14.4 Å². The average Bonchev–Trinajstić information content (AvgIpc) is 3.27. The molecule has 1 saturated carbocycles. The lowest BCUT2D eigenvalue weighted by molar-refractivity contribution is -0.140. The number of hydrogen-bond donors (Lipinski definition) is 3. The first-order chi connectivity index (χ1) is 10.1. The van der Waals surface area contributed by atoms with Gasteiger partial charge in [-0.15, -0.1) is 0 Å². The van der Waals surface area contributed by atoms with E-state index in [4.69, 9.17) is 5.11 Å². The maximum atomic E-state index is 11.6. The highest BCUT2D eigenvalue weighted by Gasteiger charge is 2.48. The lowest BCUT2D eigenvalue weighted by Gasteiger charge is -2.06. The second-order valence-electron chi connectivity index (χ2n) is 5.09. The summed E-state index contributed by atoms with van der Waals surface area (Å²) in [7, 11) is 0. The number of benzene rings is 1. The largest absolute Gasteiger partial charge is 0.481 e. The summed E-state index contributed by atoms with van der Waals surface area (Å²) in [5.41, 5.74) is 1.01. The molecule has 0 bridgehead atoms. The van der Waals surface area contributed by atoms with E-state index < -0.39 is 17.8 Å². The number of aliphatic carboxylic acids is 1. The number of amides is 2. The first kappa shape index (κ1) is 15.0. The predicted molar refractivity (Wildman–Crippen MR) is 75.1 cm³/mol. The number of carboxylic acid groups (broad SMARTS) is 1. The van der Waals surface area contributed by atoms with Gasteiger partial charge in [-0.05, 0) is 12.0 Å². The number of carbonyl (C=O) groups excluding carboxylic acids is 2. The van der Waals surface area contributed by atoms with E-state index >= 15 is 0 Å². The molecule has 1 aromatic rings. The van der Waals surface area contributed by atoms with Crippen LogP contribution in [0.2, 0.25) is 0 Å². The Morgan fingerprint density at radius 1 is 1.10 bits per heavy atom. The molecular formula is C15H18N2O4. The van der Waals surface area contributed by atoms with Crippen molar-refractivity contribution in [2.45, 2.75) is 19.4 Å². The highest BCUT2D eigenvalue weighted by Crippen LogP contribution is 2.38. The van der Waals surface area contributed by atoms with Crippen LogP contribution in [0.4, 0.5) is 0 Å². The van der Waals surface area contributed by atoms with Crippen LogP contribution < -0.4 is 10.6 Å². The molecular weight excluding hydrogens is 272 g/mol. The third kappa shape index (κ3) is 4.59. The van der Waals surface area contributed by atoms with Crippen LogP contribution in [0.25, 0.3) is 0 Å². The fourth-order valence-corrected chi connectivity index (χ4v) is 2.07. The molecule has 1 aliphatic carbocycles. The van der Waals surface area contributed by atoms with Gasteiger partial charge in [-0.1, -0.05) is 30.3 Å². The van der Waals surface area contributed by atoms with Crippen LogP contribution in [0.15, 0.2) is 30.3 Å². The number of nitrogens with one attached hydrogen (secondary N) is 2. The van der Waals surface area contributed by atoms with E-state index in [1.165, 1.54) is 0 Å². The Hall–Kier alpha value is -2.37. The summed E-state index contributed by atoms with van der Waals surface area (Å²) < 4.78 is 0. The third-order valence-corrected chi connectivity index (χ3v) is 3.43. The summed E-state index contributed by atoms with van der Waals surface area (Å²) in [6.45, 7) is 0.680. The van der Waals surface area contributed by atoms with E-state index in [0.29, 0.717) is 13.0 Å². The van der Waals surface area contributed by atoms with Crippen LogP contribution in [0.5, 0.6) is 0 Å². The smallest absolute Gasteiger partial charge is 0.307 e. The van der Waals surface area contributed by atoms with Crippen molar-refractivity contribution in [1.29, 1.82) is 0 Å². The van der Waals surface area contributed by atoms with Crippen LogP contribution in [-0.4, -0.2) is 29.4 Å². The van der Waals surface area contributed by atoms with Crippen LogP contribution in [0.1, 0.15) is 18.4 Å². The molecule has 2 rings (SSSR count). The van der Waals surface area contributed by atoms with Crippen LogP contribution in [0.3, 0.4) is 0 Å². The highest BCUT2D eigenvalue weighted by atomic mass is 16.4. The Balaban J connectivity index is 1.59. The summed E-state index contributed by atoms with van der Waals surface area (Å²) in [6.07, 6.45) is 0.574. The lowest BCUT2D eigenvalue weighted by Crippen LogP contribution is -2.31. The van der Waals surface area contributed by atoms with Crippen molar-refractivity contribution in [3.8, 4) is 0 Å². The van der Waals surface area contributed by atoms with Crippen molar-refractivity contribution in [1.82, 2.24) is 10.6 Å². The van der Waals surface area contributed by atoms with Gasteiger partial charge in [-0.25, -0.2) is 0 Å². The number of carboxylic acids is 1. The SMILES string of the molecule is O=C(CCNC(=O)C1CC1C(=O)O)NCc1ccccc1. The molecule has 2 atom stereocenters. The normalized spacial score (nSPS) is 19.6. The molecule has 0 spiro atoms. The van der Waals surface area contributed by atoms with Gasteiger partial charge in [-0.2, -0.15) is 0 Å². The summed E-state index contributed by atoms with van der Waals surface area (Å²) in [6, 6.07) is 9.54. The molecule has 6 heteroatoms. The van der Waals surface area contributed by atoms with E-state index in [-0.39, 0.29) is 24.8 Å². The quantitative estimate of drug-likeness (QED) is 0.682. The molecule has 0 heterocycles. The van der Waals surface area contributed by atoms with E-state index in [1.54, 1.807) is 0 Å². The minimum Gasteiger partial charge on any atom is -0.481 e. The maximum Gasteiger partial charge on any atom is 0.307 e. The summed E-state index contributed by atoms with van der Waals surface area (Å²) in [5.74, 6) is -2.36. The zero-order valence-electron chi connectivity index (χ0n) is 11.5. The monoisotopic (exact) mass is 290 g/mol. The molecule has 1 aliphatic rings. The fraction of sp³-hybridized carbons (Fsp3) is 0.400. The van der Waals surface area contributed by atoms with Crippen LogP contribution >= 0.6 is 0 Å². The molecule has 1 aromatic carbocycles. The molecule has 3 N–H and O–H groups in total. The van der Waals surface area contributed by atoms with Gasteiger partial charge >= 0.3 is 5.97 Å². The standard InChI is InChI=1S/C15H18N2O4/c18-13(17-9-10-4-2-1-3-5-10)6-7-16-14(19)11-8-12(11)15(20)21/h1-5,11-12H,6-9H2,(H,16,19)(H,17,18)(H,20,21). The topological polar surface area (TPSA) is 95.5 Å². The van der Waals surface area contributed by atoms with Crippen molar-refractivity contribution >= 4 is 17.8 Å². The molecule has 1 fully saturated rings. The molecule has 2 amide bonds. The van der Waals surface area contributed by atoms with Crippen molar-refractivity contribution in [3.05, 3.63) is 35.9 Å². The second kappa shape index (κ2) is 6.88. The Kier molecular flexibility index (Phi) is 4.92. The molecule has 0 aromatic heterocycles. The van der Waals surface area contributed by atoms with Crippen molar-refractivity contribution in [3.63, 3.8) is 0 Å². The summed E-state index contributed by atoms with van der Waals surface area (Å²) in [5, 5.41) is 14.1. The zero-order chi connectivity index (χ0) is 15.2. The Labute approximate surface area is 122 Å². The minimum atomic E-state index is -0.934. The highest BCUT2D eigenvalue weighted by molar-refractivity contribution is 5.89. The Bertz CT molecular complexity index is 530. The second-order valence-corrected chi connectivity index (χ2v) is 5.09. The summed E-state index contributed by atoms with van der Waals surface area (Å²) in [4.78, 5) is 33.8. The van der Waals surface area contributed by atoms with Gasteiger partial charge in [0.05, 0.1) is 11.8 Å². The van der Waals surface area contributed by atoms with Gasteiger partial charge in [0, 0.05) is 19.5 Å². The van der Waals surface area contributed by atoms with Gasteiger partial charge < -0.3 is 15.7 Å². The van der Waals surface area contributed by atoms with Gasteiger partial charge in [0.2, 0.25) is 11.8 Å². The summed E-state index contributed by atoms with van der Waals surface area (Å²) >= 11 is 0. The molecule has 0 aliphatic heterocycles. The number of hydrogen-bond acceptors (Lipinski definition) is 3. The van der Waals surface area contributed by atoms with E-state index in [2.05, 4.69) is 10.6 Å². The van der Waals surface area contributed by atoms with Crippen LogP contribution in [0, 0.1) is 11.8 Å². The molecule has 112 valence electrons. The lowest BCUT2D eigenvalue weighted by atomic mass is 10.2.